The Morgan fingerprint density at radius 2 is 2.03 bits per heavy atom. The van der Waals surface area contributed by atoms with Crippen molar-refractivity contribution >= 4 is 38.9 Å². The number of unbranched alkanes of at least 4 members (excludes halogenated alkanes) is 1. The molecule has 0 aliphatic heterocycles. The van der Waals surface area contributed by atoms with E-state index in [2.05, 4.69) is 10.4 Å². The molecular formula is C20H21N5O4S. The zero-order valence-electron chi connectivity index (χ0n) is 16.6. The summed E-state index contributed by atoms with van der Waals surface area (Å²) in [6, 6.07) is 8.73. The zero-order chi connectivity index (χ0) is 21.3. The van der Waals surface area contributed by atoms with Crippen LogP contribution in [-0.2, 0) is 17.9 Å². The quantitative estimate of drug-likeness (QED) is 0.488. The lowest BCUT2D eigenvalue weighted by Crippen LogP contribution is -2.29. The van der Waals surface area contributed by atoms with E-state index in [-0.39, 0.29) is 17.9 Å². The van der Waals surface area contributed by atoms with Crippen molar-refractivity contribution in [2.75, 3.05) is 12.4 Å². The first kappa shape index (κ1) is 19.9. The van der Waals surface area contributed by atoms with Crippen LogP contribution in [-0.4, -0.2) is 31.8 Å². The summed E-state index contributed by atoms with van der Waals surface area (Å²) in [6.45, 7) is 2.20. The van der Waals surface area contributed by atoms with Crippen LogP contribution in [0.25, 0.3) is 16.0 Å². The molecule has 0 spiro atoms. The molecule has 10 heteroatoms. The molecular weight excluding hydrogens is 406 g/mol. The summed E-state index contributed by atoms with van der Waals surface area (Å²) in [6.07, 6.45) is 1.68. The lowest BCUT2D eigenvalue weighted by Gasteiger charge is -2.09. The van der Waals surface area contributed by atoms with Gasteiger partial charge in [0.1, 0.15) is 17.0 Å². The normalized spacial score (nSPS) is 11.3. The molecule has 1 aromatic carbocycles. The number of nitrogens with one attached hydrogen (secondary N) is 1. The summed E-state index contributed by atoms with van der Waals surface area (Å²) >= 11 is 1.29. The number of aromatic nitrogens is 4. The predicted molar refractivity (Wildman–Crippen MR) is 116 cm³/mol. The first-order valence-corrected chi connectivity index (χ1v) is 10.5. The van der Waals surface area contributed by atoms with Gasteiger partial charge in [0.05, 0.1) is 18.3 Å². The van der Waals surface area contributed by atoms with Gasteiger partial charge in [-0.15, -0.1) is 16.4 Å². The Kier molecular flexibility index (Phi) is 5.40. The third kappa shape index (κ3) is 3.39. The van der Waals surface area contributed by atoms with E-state index in [1.54, 1.807) is 35.7 Å². The smallest absolute Gasteiger partial charge is 0.352 e. The second-order valence-electron chi connectivity index (χ2n) is 6.77. The molecule has 30 heavy (non-hydrogen) atoms. The zero-order valence-corrected chi connectivity index (χ0v) is 17.4. The Morgan fingerprint density at radius 1 is 1.23 bits per heavy atom. The maximum absolute atomic E-state index is 13.0. The van der Waals surface area contributed by atoms with Gasteiger partial charge in [-0.3, -0.25) is 14.2 Å². The molecule has 1 amide bonds. The number of fused-ring (bicyclic) bond motifs is 3. The summed E-state index contributed by atoms with van der Waals surface area (Å²) in [5, 5.41) is 8.83. The molecule has 0 radical (unpaired) electrons. The van der Waals surface area contributed by atoms with Crippen LogP contribution in [0.2, 0.25) is 0 Å². The van der Waals surface area contributed by atoms with Crippen molar-refractivity contribution in [3.63, 3.8) is 0 Å². The number of thiophene rings is 1. The number of rotatable bonds is 7. The maximum atomic E-state index is 13.0. The van der Waals surface area contributed by atoms with Crippen LogP contribution in [0.5, 0.6) is 5.75 Å². The predicted octanol–water partition coefficient (Wildman–Crippen LogP) is 2.32. The van der Waals surface area contributed by atoms with Crippen molar-refractivity contribution in [2.24, 2.45) is 0 Å². The Bertz CT molecular complexity index is 1350. The number of carbonyl (C=O) groups excluding carboxylic acids is 1. The van der Waals surface area contributed by atoms with E-state index in [4.69, 9.17) is 4.74 Å². The lowest BCUT2D eigenvalue weighted by atomic mass is 10.3. The Balaban J connectivity index is 1.75. The van der Waals surface area contributed by atoms with Gasteiger partial charge in [0.15, 0.2) is 0 Å². The van der Waals surface area contributed by atoms with Crippen molar-refractivity contribution in [2.45, 2.75) is 32.9 Å². The van der Waals surface area contributed by atoms with Crippen molar-refractivity contribution < 1.29 is 9.53 Å². The van der Waals surface area contributed by atoms with Crippen LogP contribution in [0, 0.1) is 0 Å². The van der Waals surface area contributed by atoms with Gasteiger partial charge in [-0.25, -0.2) is 13.9 Å². The second-order valence-corrected chi connectivity index (χ2v) is 7.69. The molecule has 0 aliphatic carbocycles. The molecule has 4 aromatic rings. The summed E-state index contributed by atoms with van der Waals surface area (Å²) in [4.78, 5) is 38.5. The van der Waals surface area contributed by atoms with E-state index in [9.17, 15) is 14.4 Å². The molecule has 1 N–H and O–H groups in total. The van der Waals surface area contributed by atoms with Crippen LogP contribution >= 0.6 is 11.3 Å². The first-order valence-electron chi connectivity index (χ1n) is 9.57. The van der Waals surface area contributed by atoms with Crippen molar-refractivity contribution in [3.05, 3.63) is 56.5 Å². The van der Waals surface area contributed by atoms with Gasteiger partial charge in [0.25, 0.3) is 5.56 Å². The number of ether oxygens (including phenoxy) is 1. The largest absolute Gasteiger partial charge is 0.495 e. The van der Waals surface area contributed by atoms with E-state index < -0.39 is 11.6 Å². The van der Waals surface area contributed by atoms with E-state index in [0.29, 0.717) is 28.2 Å². The number of aryl methyl sites for hydroxylation is 1. The number of nitrogens with zero attached hydrogens (tertiary/aromatic N) is 4. The minimum Gasteiger partial charge on any atom is -0.495 e. The maximum Gasteiger partial charge on any atom is 0.352 e. The van der Waals surface area contributed by atoms with Crippen LogP contribution < -0.4 is 21.3 Å². The number of carbonyl (C=O) groups is 1. The standard InChI is InChI=1S/C20H21N5O4S/c1-3-4-10-23-18(27)17-14(9-11-30-17)25-19(23)22-24(20(25)28)12-16(26)21-13-7-5-6-8-15(13)29-2/h5-9,11H,3-4,10,12H2,1-2H3,(H,21,26). The molecule has 156 valence electrons. The molecule has 0 unspecified atom stereocenters. The van der Waals surface area contributed by atoms with Gasteiger partial charge < -0.3 is 10.1 Å². The highest BCUT2D eigenvalue weighted by Crippen LogP contribution is 2.23. The van der Waals surface area contributed by atoms with Crippen LogP contribution in [0.15, 0.2) is 45.3 Å². The molecule has 0 saturated heterocycles. The van der Waals surface area contributed by atoms with Crippen LogP contribution in [0.1, 0.15) is 19.8 Å². The number of para-hydroxylation sites is 2. The molecule has 0 aliphatic rings. The number of anilines is 1. The average molecular weight is 427 g/mol. The Labute approximate surface area is 175 Å². The van der Waals surface area contributed by atoms with Gasteiger partial charge in [0, 0.05) is 6.54 Å². The van der Waals surface area contributed by atoms with Gasteiger partial charge in [0.2, 0.25) is 11.7 Å². The summed E-state index contributed by atoms with van der Waals surface area (Å²) < 4.78 is 9.73. The number of hydrogen-bond acceptors (Lipinski definition) is 6. The topological polar surface area (TPSA) is 99.6 Å². The van der Waals surface area contributed by atoms with E-state index in [1.807, 2.05) is 6.92 Å². The molecule has 0 atom stereocenters. The number of benzene rings is 1. The molecule has 3 aromatic heterocycles. The fourth-order valence-electron chi connectivity index (χ4n) is 3.33. The number of amides is 1. The van der Waals surface area contributed by atoms with Crippen molar-refractivity contribution in [3.8, 4) is 5.75 Å². The highest BCUT2D eigenvalue weighted by molar-refractivity contribution is 7.17. The fourth-order valence-corrected chi connectivity index (χ4v) is 4.15. The minimum absolute atomic E-state index is 0.170. The molecule has 0 fully saturated rings. The highest BCUT2D eigenvalue weighted by Gasteiger charge is 2.19. The summed E-state index contributed by atoms with van der Waals surface area (Å²) in [7, 11) is 1.51. The Hall–Kier alpha value is -3.40. The second kappa shape index (κ2) is 8.15. The Morgan fingerprint density at radius 3 is 2.80 bits per heavy atom. The van der Waals surface area contributed by atoms with E-state index >= 15 is 0 Å². The van der Waals surface area contributed by atoms with Gasteiger partial charge in [-0.1, -0.05) is 25.5 Å². The molecule has 3 heterocycles. The molecule has 0 saturated carbocycles. The highest BCUT2D eigenvalue weighted by atomic mass is 32.1. The van der Waals surface area contributed by atoms with Crippen LogP contribution in [0.3, 0.4) is 0 Å². The van der Waals surface area contributed by atoms with Gasteiger partial charge in [-0.05, 0) is 30.0 Å². The van der Waals surface area contributed by atoms with E-state index in [0.717, 1.165) is 17.5 Å². The molecule has 9 nitrogen and oxygen atoms in total. The van der Waals surface area contributed by atoms with Crippen molar-refractivity contribution in [1.29, 1.82) is 0 Å². The lowest BCUT2D eigenvalue weighted by molar-refractivity contribution is -0.117. The molecule has 4 rings (SSSR count). The van der Waals surface area contributed by atoms with Crippen LogP contribution in [0.4, 0.5) is 5.69 Å². The van der Waals surface area contributed by atoms with Gasteiger partial charge in [-0.2, -0.15) is 0 Å². The first-order chi connectivity index (χ1) is 14.5. The number of hydrogen-bond donors (Lipinski definition) is 1. The molecule has 0 bridgehead atoms. The fraction of sp³-hybridized carbons (Fsp3) is 0.300. The minimum atomic E-state index is -0.464. The monoisotopic (exact) mass is 427 g/mol. The summed E-state index contributed by atoms with van der Waals surface area (Å²) in [5.74, 6) is 0.338. The summed E-state index contributed by atoms with van der Waals surface area (Å²) in [5.41, 5.74) is 0.376. The SMILES string of the molecule is CCCCn1c(=O)c2sccc2n2c(=O)n(CC(=O)Nc3ccccc3OC)nc12. The third-order valence-electron chi connectivity index (χ3n) is 4.80. The number of methoxy groups -OCH3 is 1. The van der Waals surface area contributed by atoms with E-state index in [1.165, 1.54) is 27.4 Å². The third-order valence-corrected chi connectivity index (χ3v) is 5.69. The van der Waals surface area contributed by atoms with Gasteiger partial charge >= 0.3 is 5.69 Å². The average Bonchev–Trinajstić information content (AvgIpc) is 3.34. The van der Waals surface area contributed by atoms with Crippen molar-refractivity contribution in [1.82, 2.24) is 18.7 Å².